The number of carbonyl (C=O) groups is 1. The molecule has 0 saturated carbocycles. The first-order chi connectivity index (χ1) is 13.0. The van der Waals surface area contributed by atoms with Gasteiger partial charge in [-0.15, -0.1) is 5.10 Å². The molecule has 1 amide bonds. The number of hydrogen-bond acceptors (Lipinski definition) is 5. The number of hydrogen-bond donors (Lipinski definition) is 1. The van der Waals surface area contributed by atoms with E-state index in [-0.39, 0.29) is 11.2 Å². The molecule has 0 aromatic heterocycles. The van der Waals surface area contributed by atoms with E-state index in [1.807, 2.05) is 24.3 Å². The van der Waals surface area contributed by atoms with Crippen LogP contribution in [0.15, 0.2) is 68.1 Å². The molecule has 1 N–H and O–H groups in total. The minimum absolute atomic E-state index is 0.136. The minimum atomic E-state index is -2.44. The first kappa shape index (κ1) is 20.0. The highest BCUT2D eigenvalue weighted by atomic mass is 79.9. The second kappa shape index (κ2) is 9.48. The van der Waals surface area contributed by atoms with E-state index in [0.717, 1.165) is 15.6 Å². The van der Waals surface area contributed by atoms with E-state index >= 15 is 0 Å². The summed E-state index contributed by atoms with van der Waals surface area (Å²) in [6.45, 7) is 0. The summed E-state index contributed by atoms with van der Waals surface area (Å²) < 4.78 is 25.7. The van der Waals surface area contributed by atoms with Crippen molar-refractivity contribution in [3.8, 4) is 0 Å². The fourth-order valence-electron chi connectivity index (χ4n) is 2.30. The summed E-state index contributed by atoms with van der Waals surface area (Å²) in [5, 5.41) is 10.9. The summed E-state index contributed by atoms with van der Waals surface area (Å²) in [6, 6.07) is 14.4. The van der Waals surface area contributed by atoms with E-state index < -0.39 is 5.76 Å². The van der Waals surface area contributed by atoms with Crippen molar-refractivity contribution in [1.82, 2.24) is 5.32 Å². The smallest absolute Gasteiger partial charge is 0.288 e. The van der Waals surface area contributed by atoms with Gasteiger partial charge in [0.05, 0.1) is 11.5 Å². The van der Waals surface area contributed by atoms with Gasteiger partial charge in [-0.3, -0.25) is 4.79 Å². The highest BCUT2D eigenvalue weighted by Gasteiger charge is 2.30. The molecule has 1 fully saturated rings. The van der Waals surface area contributed by atoms with Crippen molar-refractivity contribution in [2.24, 2.45) is 10.2 Å². The third-order valence-corrected chi connectivity index (χ3v) is 5.89. The molecule has 140 valence electrons. The lowest BCUT2D eigenvalue weighted by Crippen LogP contribution is -2.25. The number of halogens is 3. The number of carbonyl (C=O) groups excluding carboxylic acids is 1. The lowest BCUT2D eigenvalue weighted by Gasteiger charge is -2.06. The molecule has 0 aliphatic carbocycles. The Labute approximate surface area is 172 Å². The molecule has 1 atom stereocenters. The monoisotopic (exact) mass is 469 g/mol. The van der Waals surface area contributed by atoms with Gasteiger partial charge in [0, 0.05) is 9.37 Å². The summed E-state index contributed by atoms with van der Waals surface area (Å²) >= 11 is 5.18. The third kappa shape index (κ3) is 6.15. The fraction of sp³-hybridized carbons (Fsp3) is 0.167. The molecule has 2 aromatic rings. The van der Waals surface area contributed by atoms with Crippen LogP contribution in [0.1, 0.15) is 11.1 Å². The number of rotatable bonds is 6. The van der Waals surface area contributed by atoms with Crippen LogP contribution in [0.25, 0.3) is 0 Å². The van der Waals surface area contributed by atoms with E-state index in [1.54, 1.807) is 30.5 Å². The van der Waals surface area contributed by atoms with Gasteiger partial charge in [0.25, 0.3) is 5.76 Å². The predicted octanol–water partition coefficient (Wildman–Crippen LogP) is 4.93. The van der Waals surface area contributed by atoms with Crippen LogP contribution in [0.2, 0.25) is 0 Å². The van der Waals surface area contributed by atoms with Gasteiger partial charge in [-0.25, -0.2) is 0 Å². The Morgan fingerprint density at radius 1 is 1.19 bits per heavy atom. The molecule has 1 saturated heterocycles. The average molecular weight is 470 g/mol. The lowest BCUT2D eigenvalue weighted by atomic mass is 10.1. The molecule has 0 spiro atoms. The van der Waals surface area contributed by atoms with Crippen molar-refractivity contribution in [2.75, 3.05) is 0 Å². The van der Waals surface area contributed by atoms with Crippen molar-refractivity contribution >= 4 is 56.7 Å². The van der Waals surface area contributed by atoms with E-state index in [4.69, 9.17) is 0 Å². The number of nitrogens with zero attached hydrogens (tertiary/aromatic N) is 2. The Kier molecular flexibility index (Phi) is 7.03. The van der Waals surface area contributed by atoms with Crippen LogP contribution >= 0.6 is 39.5 Å². The molecule has 1 aliphatic heterocycles. The second-order valence-electron chi connectivity index (χ2n) is 5.52. The van der Waals surface area contributed by atoms with Gasteiger partial charge in [0.15, 0.2) is 5.17 Å². The van der Waals surface area contributed by atoms with E-state index in [9.17, 15) is 13.6 Å². The summed E-state index contributed by atoms with van der Waals surface area (Å²) in [5.74, 6) is -2.58. The highest BCUT2D eigenvalue weighted by Crippen LogP contribution is 2.27. The van der Waals surface area contributed by atoms with Crippen LogP contribution in [-0.4, -0.2) is 28.3 Å². The molecule has 0 radical (unpaired) electrons. The lowest BCUT2D eigenvalue weighted by molar-refractivity contribution is -0.118. The quantitative estimate of drug-likeness (QED) is 0.370. The molecule has 1 heterocycles. The number of nitrogens with one attached hydrogen (secondary N) is 1. The standard InChI is InChI=1S/C18H14BrF2N3OS2/c19-13-5-1-12(2-6-13)10-22-24-18-23-16(25)15(27-18)9-11-3-7-14(8-4-11)26-17(20)21/h1-8,10,15,17H,9H2,(H,23,24,25)/b22-10+. The molecular weight excluding hydrogens is 456 g/mol. The molecular formula is C18H14BrF2N3OS2. The Hall–Kier alpha value is -1.71. The normalized spacial score (nSPS) is 18.6. The maximum Gasteiger partial charge on any atom is 0.288 e. The Morgan fingerprint density at radius 3 is 2.56 bits per heavy atom. The van der Waals surface area contributed by atoms with E-state index in [0.29, 0.717) is 28.2 Å². The van der Waals surface area contributed by atoms with Gasteiger partial charge in [-0.2, -0.15) is 13.9 Å². The van der Waals surface area contributed by atoms with Crippen molar-refractivity contribution in [2.45, 2.75) is 22.3 Å². The van der Waals surface area contributed by atoms with Gasteiger partial charge in [0.1, 0.15) is 0 Å². The molecule has 4 nitrogen and oxygen atoms in total. The van der Waals surface area contributed by atoms with E-state index in [1.165, 1.54) is 11.8 Å². The van der Waals surface area contributed by atoms with Gasteiger partial charge in [-0.1, -0.05) is 63.7 Å². The SMILES string of the molecule is O=C1N/C(=N/N=C/c2ccc(Br)cc2)SC1Cc1ccc(SC(F)F)cc1. The largest absolute Gasteiger partial charge is 0.303 e. The zero-order valence-electron chi connectivity index (χ0n) is 13.8. The number of benzene rings is 2. The number of amides is 1. The van der Waals surface area contributed by atoms with Crippen LogP contribution in [-0.2, 0) is 11.2 Å². The van der Waals surface area contributed by atoms with Gasteiger partial charge >= 0.3 is 0 Å². The van der Waals surface area contributed by atoms with Crippen LogP contribution in [0.5, 0.6) is 0 Å². The first-order valence-electron chi connectivity index (χ1n) is 7.87. The Bertz CT molecular complexity index is 858. The molecule has 27 heavy (non-hydrogen) atoms. The predicted molar refractivity (Wildman–Crippen MR) is 111 cm³/mol. The summed E-state index contributed by atoms with van der Waals surface area (Å²) in [5.41, 5.74) is 1.80. The van der Waals surface area contributed by atoms with Gasteiger partial charge in [0.2, 0.25) is 5.91 Å². The average Bonchev–Trinajstić information content (AvgIpc) is 2.97. The first-order valence-corrected chi connectivity index (χ1v) is 10.4. The van der Waals surface area contributed by atoms with Crippen LogP contribution < -0.4 is 5.32 Å². The summed E-state index contributed by atoms with van der Waals surface area (Å²) in [4.78, 5) is 12.6. The molecule has 1 aliphatic rings. The van der Waals surface area contributed by atoms with Crippen molar-refractivity contribution < 1.29 is 13.6 Å². The van der Waals surface area contributed by atoms with Crippen molar-refractivity contribution in [3.63, 3.8) is 0 Å². The highest BCUT2D eigenvalue weighted by molar-refractivity contribution is 9.10. The zero-order valence-corrected chi connectivity index (χ0v) is 17.0. The number of amidine groups is 1. The summed E-state index contributed by atoms with van der Waals surface area (Å²) in [7, 11) is 0. The van der Waals surface area contributed by atoms with Crippen molar-refractivity contribution in [1.29, 1.82) is 0 Å². The molecule has 0 bridgehead atoms. The molecule has 1 unspecified atom stereocenters. The van der Waals surface area contributed by atoms with Crippen LogP contribution in [0, 0.1) is 0 Å². The zero-order chi connectivity index (χ0) is 19.2. The second-order valence-corrected chi connectivity index (χ2v) is 8.69. The minimum Gasteiger partial charge on any atom is -0.303 e. The van der Waals surface area contributed by atoms with Gasteiger partial charge < -0.3 is 5.32 Å². The van der Waals surface area contributed by atoms with Crippen LogP contribution in [0.3, 0.4) is 0 Å². The third-order valence-electron chi connectivity index (χ3n) is 3.57. The van der Waals surface area contributed by atoms with Gasteiger partial charge in [-0.05, 0) is 41.8 Å². The topological polar surface area (TPSA) is 53.8 Å². The molecule has 9 heteroatoms. The molecule has 2 aromatic carbocycles. The molecule has 3 rings (SSSR count). The number of alkyl halides is 2. The Balaban J connectivity index is 1.57. The Morgan fingerprint density at radius 2 is 1.89 bits per heavy atom. The fourth-order valence-corrected chi connectivity index (χ4v) is 4.03. The number of thioether (sulfide) groups is 2. The van der Waals surface area contributed by atoms with E-state index in [2.05, 4.69) is 31.4 Å². The van der Waals surface area contributed by atoms with Crippen LogP contribution in [0.4, 0.5) is 8.78 Å². The van der Waals surface area contributed by atoms with Crippen molar-refractivity contribution in [3.05, 3.63) is 64.1 Å². The maximum atomic E-state index is 12.4. The maximum absolute atomic E-state index is 12.4. The summed E-state index contributed by atoms with van der Waals surface area (Å²) in [6.07, 6.45) is 2.10.